The molecule has 0 bridgehead atoms. The van der Waals surface area contributed by atoms with Gasteiger partial charge in [-0.2, -0.15) is 0 Å². The molecule has 1 amide bonds. The lowest BCUT2D eigenvalue weighted by molar-refractivity contribution is -0.115. The van der Waals surface area contributed by atoms with Gasteiger partial charge in [-0.3, -0.25) is 9.59 Å². The minimum absolute atomic E-state index is 0.0347. The molecular formula is C20H19N3O2S. The second-order valence-electron chi connectivity index (χ2n) is 5.85. The van der Waals surface area contributed by atoms with Gasteiger partial charge in [-0.1, -0.05) is 54.2 Å². The highest BCUT2D eigenvalue weighted by Crippen LogP contribution is 2.25. The Bertz CT molecular complexity index is 922. The third-order valence-corrected chi connectivity index (χ3v) is 4.83. The number of amides is 1. The topological polar surface area (TPSA) is 74.8 Å². The van der Waals surface area contributed by atoms with E-state index in [0.29, 0.717) is 16.4 Å². The number of benzene rings is 2. The lowest BCUT2D eigenvalue weighted by Crippen LogP contribution is -2.22. The van der Waals surface area contributed by atoms with Crippen LogP contribution < -0.4 is 5.32 Å². The summed E-state index contributed by atoms with van der Waals surface area (Å²) < 4.78 is 0. The highest BCUT2D eigenvalue weighted by Gasteiger charge is 2.17. The van der Waals surface area contributed by atoms with E-state index in [-0.39, 0.29) is 16.9 Å². The Morgan fingerprint density at radius 2 is 1.88 bits per heavy atom. The number of nitrogens with one attached hydrogen (secondary N) is 2. The summed E-state index contributed by atoms with van der Waals surface area (Å²) in [6, 6.07) is 16.8. The molecule has 1 unspecified atom stereocenters. The molecule has 0 spiro atoms. The molecule has 0 aliphatic rings. The fourth-order valence-electron chi connectivity index (χ4n) is 2.41. The van der Waals surface area contributed by atoms with Crippen LogP contribution in [0.4, 0.5) is 5.69 Å². The molecule has 0 saturated carbocycles. The van der Waals surface area contributed by atoms with Crippen LogP contribution in [-0.2, 0) is 4.79 Å². The van der Waals surface area contributed by atoms with Crippen LogP contribution in [0.5, 0.6) is 0 Å². The Morgan fingerprint density at radius 3 is 2.62 bits per heavy atom. The van der Waals surface area contributed by atoms with Crippen molar-refractivity contribution < 1.29 is 9.59 Å². The van der Waals surface area contributed by atoms with Crippen molar-refractivity contribution in [3.05, 3.63) is 66.4 Å². The molecule has 5 nitrogen and oxygen atoms in total. The maximum atomic E-state index is 12.4. The molecule has 132 valence electrons. The summed E-state index contributed by atoms with van der Waals surface area (Å²) in [5, 5.41) is 3.18. The standard InChI is InChI=1S/C20H19N3O2S/c1-13(24)16-9-6-10-17(11-16)22-19(25)14(2)26-20-21-12-18(23-20)15-7-4-3-5-8-15/h3-12,14H,1-2H3,(H,21,23)(H,22,25). The molecule has 0 fully saturated rings. The normalized spacial score (nSPS) is 11.8. The van der Waals surface area contributed by atoms with E-state index in [1.54, 1.807) is 30.5 Å². The highest BCUT2D eigenvalue weighted by molar-refractivity contribution is 8.00. The number of rotatable bonds is 6. The number of thioether (sulfide) groups is 1. The molecule has 2 N–H and O–H groups in total. The van der Waals surface area contributed by atoms with Crippen LogP contribution in [-0.4, -0.2) is 26.9 Å². The Hall–Kier alpha value is -2.86. The van der Waals surface area contributed by atoms with Gasteiger partial charge >= 0.3 is 0 Å². The number of anilines is 1. The van der Waals surface area contributed by atoms with E-state index >= 15 is 0 Å². The van der Waals surface area contributed by atoms with E-state index in [4.69, 9.17) is 0 Å². The summed E-state index contributed by atoms with van der Waals surface area (Å²) in [7, 11) is 0. The molecule has 2 aromatic carbocycles. The molecule has 3 rings (SSSR count). The van der Waals surface area contributed by atoms with Crippen LogP contribution >= 0.6 is 11.8 Å². The van der Waals surface area contributed by atoms with Crippen molar-refractivity contribution in [2.24, 2.45) is 0 Å². The number of nitrogens with zero attached hydrogens (tertiary/aromatic N) is 1. The fourth-order valence-corrected chi connectivity index (χ4v) is 3.19. The van der Waals surface area contributed by atoms with Crippen molar-refractivity contribution in [3.63, 3.8) is 0 Å². The van der Waals surface area contributed by atoms with E-state index in [9.17, 15) is 9.59 Å². The summed E-state index contributed by atoms with van der Waals surface area (Å²) >= 11 is 1.35. The molecule has 1 aromatic heterocycles. The first-order valence-corrected chi connectivity index (χ1v) is 9.10. The third kappa shape index (κ3) is 4.40. The lowest BCUT2D eigenvalue weighted by Gasteiger charge is -2.11. The second kappa shape index (κ2) is 8.01. The van der Waals surface area contributed by atoms with Crippen LogP contribution in [0.2, 0.25) is 0 Å². The highest BCUT2D eigenvalue weighted by atomic mass is 32.2. The molecule has 6 heteroatoms. The summed E-state index contributed by atoms with van der Waals surface area (Å²) in [5.41, 5.74) is 3.14. The number of H-pyrrole nitrogens is 1. The largest absolute Gasteiger partial charge is 0.333 e. The third-order valence-electron chi connectivity index (χ3n) is 3.83. The van der Waals surface area contributed by atoms with Gasteiger partial charge in [0.25, 0.3) is 0 Å². The Kier molecular flexibility index (Phi) is 5.53. The van der Waals surface area contributed by atoms with Gasteiger partial charge in [0.05, 0.1) is 17.1 Å². The van der Waals surface area contributed by atoms with E-state index in [1.807, 2.05) is 37.3 Å². The van der Waals surface area contributed by atoms with E-state index in [1.165, 1.54) is 18.7 Å². The zero-order valence-electron chi connectivity index (χ0n) is 14.5. The average molecular weight is 365 g/mol. The first-order valence-electron chi connectivity index (χ1n) is 8.22. The second-order valence-corrected chi connectivity index (χ2v) is 7.18. The maximum absolute atomic E-state index is 12.4. The number of Topliss-reactive ketones (excluding diaryl/α,β-unsaturated/α-hetero) is 1. The average Bonchev–Trinajstić information content (AvgIpc) is 3.11. The number of carbonyl (C=O) groups excluding carboxylic acids is 2. The van der Waals surface area contributed by atoms with Crippen molar-refractivity contribution in [1.82, 2.24) is 9.97 Å². The summed E-state index contributed by atoms with van der Waals surface area (Å²) in [5.74, 6) is -0.180. The van der Waals surface area contributed by atoms with E-state index < -0.39 is 0 Å². The van der Waals surface area contributed by atoms with Gasteiger partial charge < -0.3 is 10.3 Å². The molecule has 0 radical (unpaired) electrons. The number of imidazole rings is 1. The van der Waals surface area contributed by atoms with Gasteiger partial charge in [-0.25, -0.2) is 4.98 Å². The van der Waals surface area contributed by atoms with Crippen LogP contribution in [0.1, 0.15) is 24.2 Å². The minimum Gasteiger partial charge on any atom is -0.333 e. The smallest absolute Gasteiger partial charge is 0.237 e. The van der Waals surface area contributed by atoms with Gasteiger partial charge in [-0.15, -0.1) is 0 Å². The Balaban J connectivity index is 1.64. The van der Waals surface area contributed by atoms with Crippen LogP contribution in [0.15, 0.2) is 66.0 Å². The van der Waals surface area contributed by atoms with E-state index in [0.717, 1.165) is 11.3 Å². The van der Waals surface area contributed by atoms with Gasteiger partial charge in [0.15, 0.2) is 10.9 Å². The van der Waals surface area contributed by atoms with Gasteiger partial charge in [0.2, 0.25) is 5.91 Å². The first-order chi connectivity index (χ1) is 12.5. The van der Waals surface area contributed by atoms with Crippen LogP contribution in [0.3, 0.4) is 0 Å². The van der Waals surface area contributed by atoms with Crippen molar-refractivity contribution in [3.8, 4) is 11.3 Å². The predicted octanol–water partition coefficient (Wildman–Crippen LogP) is 4.40. The fraction of sp³-hybridized carbons (Fsp3) is 0.150. The molecule has 1 heterocycles. The molecule has 0 aliphatic carbocycles. The Labute approximate surface area is 156 Å². The monoisotopic (exact) mass is 365 g/mol. The minimum atomic E-state index is -0.342. The number of aromatic nitrogens is 2. The van der Waals surface area contributed by atoms with Crippen molar-refractivity contribution in [1.29, 1.82) is 0 Å². The van der Waals surface area contributed by atoms with Crippen molar-refractivity contribution in [2.45, 2.75) is 24.3 Å². The van der Waals surface area contributed by atoms with Crippen molar-refractivity contribution >= 4 is 29.1 Å². The quantitative estimate of drug-likeness (QED) is 0.501. The molecular weight excluding hydrogens is 346 g/mol. The van der Waals surface area contributed by atoms with Gasteiger partial charge in [0.1, 0.15) is 0 Å². The molecule has 26 heavy (non-hydrogen) atoms. The van der Waals surface area contributed by atoms with Crippen LogP contribution in [0.25, 0.3) is 11.3 Å². The zero-order valence-corrected chi connectivity index (χ0v) is 15.3. The van der Waals surface area contributed by atoms with Crippen LogP contribution in [0, 0.1) is 0 Å². The zero-order chi connectivity index (χ0) is 18.5. The molecule has 3 aromatic rings. The van der Waals surface area contributed by atoms with Gasteiger partial charge in [0, 0.05) is 11.3 Å². The molecule has 0 aliphatic heterocycles. The summed E-state index contributed by atoms with van der Waals surface area (Å²) in [6.45, 7) is 3.32. The molecule has 1 atom stereocenters. The predicted molar refractivity (Wildman–Crippen MR) is 104 cm³/mol. The SMILES string of the molecule is CC(=O)c1cccc(NC(=O)C(C)Sc2ncc(-c3ccccc3)[nH]2)c1. The van der Waals surface area contributed by atoms with Crippen molar-refractivity contribution in [2.75, 3.05) is 5.32 Å². The number of carbonyl (C=O) groups is 2. The lowest BCUT2D eigenvalue weighted by atomic mass is 10.1. The number of ketones is 1. The Morgan fingerprint density at radius 1 is 1.12 bits per heavy atom. The number of hydrogen-bond donors (Lipinski definition) is 2. The number of aromatic amines is 1. The van der Waals surface area contributed by atoms with E-state index in [2.05, 4.69) is 15.3 Å². The van der Waals surface area contributed by atoms with Gasteiger partial charge in [-0.05, 0) is 31.5 Å². The number of hydrogen-bond acceptors (Lipinski definition) is 4. The maximum Gasteiger partial charge on any atom is 0.237 e. The summed E-state index contributed by atoms with van der Waals surface area (Å²) in [6.07, 6.45) is 1.76. The first kappa shape index (κ1) is 17.9. The summed E-state index contributed by atoms with van der Waals surface area (Å²) in [4.78, 5) is 31.4. The molecule has 0 saturated heterocycles.